The molecule has 1 aliphatic heterocycles. The predicted molar refractivity (Wildman–Crippen MR) is 117 cm³/mol. The van der Waals surface area contributed by atoms with Crippen molar-refractivity contribution in [1.29, 1.82) is 0 Å². The number of aryl methyl sites for hydroxylation is 1. The number of benzene rings is 2. The summed E-state index contributed by atoms with van der Waals surface area (Å²) in [5.41, 5.74) is 2.19. The van der Waals surface area contributed by atoms with Crippen LogP contribution >= 0.6 is 0 Å². The zero-order valence-electron chi connectivity index (χ0n) is 17.6. The van der Waals surface area contributed by atoms with Crippen LogP contribution in [0.1, 0.15) is 23.8 Å². The third kappa shape index (κ3) is 4.57. The van der Waals surface area contributed by atoms with Gasteiger partial charge in [0.1, 0.15) is 17.3 Å². The van der Waals surface area contributed by atoms with Crippen molar-refractivity contribution in [3.8, 4) is 17.1 Å². The second-order valence-electron chi connectivity index (χ2n) is 7.77. The smallest absolute Gasteiger partial charge is 0.223 e. The van der Waals surface area contributed by atoms with Crippen molar-refractivity contribution in [1.82, 2.24) is 9.80 Å². The van der Waals surface area contributed by atoms with Gasteiger partial charge in [-0.15, -0.1) is 0 Å². The van der Waals surface area contributed by atoms with Crippen LogP contribution in [0.3, 0.4) is 0 Å². The molecule has 1 amide bonds. The Balaban J connectivity index is 1.40. The predicted octanol–water partition coefficient (Wildman–Crippen LogP) is 4.40. The van der Waals surface area contributed by atoms with E-state index in [-0.39, 0.29) is 11.9 Å². The summed E-state index contributed by atoms with van der Waals surface area (Å²) in [5, 5.41) is 0. The maximum absolute atomic E-state index is 13.1. The third-order valence-electron chi connectivity index (χ3n) is 5.71. The molecule has 5 nitrogen and oxygen atoms in total. The fourth-order valence-electron chi connectivity index (χ4n) is 3.97. The van der Waals surface area contributed by atoms with Gasteiger partial charge in [-0.3, -0.25) is 4.79 Å². The molecule has 1 aliphatic rings. The second-order valence-corrected chi connectivity index (χ2v) is 7.77. The van der Waals surface area contributed by atoms with Crippen LogP contribution in [-0.2, 0) is 11.2 Å². The lowest BCUT2D eigenvalue weighted by molar-refractivity contribution is -0.136. The molecule has 5 heteroatoms. The van der Waals surface area contributed by atoms with E-state index in [4.69, 9.17) is 9.15 Å². The number of amides is 1. The van der Waals surface area contributed by atoms with Crippen molar-refractivity contribution >= 4 is 5.91 Å². The number of hydrogen-bond acceptors (Lipinski definition) is 4. The zero-order chi connectivity index (χ0) is 20.9. The van der Waals surface area contributed by atoms with Crippen LogP contribution in [0.15, 0.2) is 71.1 Å². The number of ether oxygens (including phenoxy) is 1. The van der Waals surface area contributed by atoms with Gasteiger partial charge in [0, 0.05) is 38.0 Å². The molecule has 0 radical (unpaired) electrons. The van der Waals surface area contributed by atoms with Crippen molar-refractivity contribution in [2.24, 2.45) is 0 Å². The Bertz CT molecular complexity index is 966. The molecule has 2 aromatic carbocycles. The van der Waals surface area contributed by atoms with E-state index in [0.29, 0.717) is 12.8 Å². The Labute approximate surface area is 177 Å². The van der Waals surface area contributed by atoms with Crippen LogP contribution in [0.5, 0.6) is 5.75 Å². The SMILES string of the molecule is COc1ccc(-c2ccc(CCC(=O)N3CCN(C)C[C@@H]3c3ccccc3)o2)cc1. The van der Waals surface area contributed by atoms with Gasteiger partial charge < -0.3 is 19.0 Å². The molecule has 0 N–H and O–H groups in total. The van der Waals surface area contributed by atoms with E-state index in [9.17, 15) is 4.79 Å². The molecule has 0 bridgehead atoms. The average Bonchev–Trinajstić information content (AvgIpc) is 3.27. The maximum Gasteiger partial charge on any atom is 0.223 e. The molecule has 0 unspecified atom stereocenters. The Morgan fingerprint density at radius 1 is 1.03 bits per heavy atom. The highest BCUT2D eigenvalue weighted by Crippen LogP contribution is 2.27. The number of rotatable bonds is 6. The quantitative estimate of drug-likeness (QED) is 0.611. The first kappa shape index (κ1) is 20.2. The van der Waals surface area contributed by atoms with Gasteiger partial charge in [0.05, 0.1) is 13.2 Å². The van der Waals surface area contributed by atoms with Gasteiger partial charge in [-0.1, -0.05) is 30.3 Å². The molecule has 0 saturated carbocycles. The van der Waals surface area contributed by atoms with Crippen molar-refractivity contribution in [3.05, 3.63) is 78.1 Å². The van der Waals surface area contributed by atoms with E-state index in [1.807, 2.05) is 59.5 Å². The molecular weight excluding hydrogens is 376 g/mol. The second kappa shape index (κ2) is 9.18. The number of carbonyl (C=O) groups is 1. The van der Waals surface area contributed by atoms with E-state index in [2.05, 4.69) is 24.1 Å². The van der Waals surface area contributed by atoms with Crippen molar-refractivity contribution < 1.29 is 13.9 Å². The Morgan fingerprint density at radius 3 is 2.53 bits per heavy atom. The van der Waals surface area contributed by atoms with E-state index < -0.39 is 0 Å². The van der Waals surface area contributed by atoms with Crippen LogP contribution in [0.25, 0.3) is 11.3 Å². The number of hydrogen-bond donors (Lipinski definition) is 0. The summed E-state index contributed by atoms with van der Waals surface area (Å²) in [6, 6.07) is 22.1. The van der Waals surface area contributed by atoms with Gasteiger partial charge in [-0.25, -0.2) is 0 Å². The lowest BCUT2D eigenvalue weighted by Gasteiger charge is -2.40. The average molecular weight is 405 g/mol. The summed E-state index contributed by atoms with van der Waals surface area (Å²) >= 11 is 0. The summed E-state index contributed by atoms with van der Waals surface area (Å²) in [6.07, 6.45) is 1.05. The molecule has 30 heavy (non-hydrogen) atoms. The van der Waals surface area contributed by atoms with Gasteiger partial charge in [0.25, 0.3) is 0 Å². The fraction of sp³-hybridized carbons (Fsp3) is 0.320. The summed E-state index contributed by atoms with van der Waals surface area (Å²) < 4.78 is 11.2. The lowest BCUT2D eigenvalue weighted by Crippen LogP contribution is -2.49. The van der Waals surface area contributed by atoms with Crippen molar-refractivity contribution in [2.45, 2.75) is 18.9 Å². The van der Waals surface area contributed by atoms with E-state index in [0.717, 1.165) is 42.5 Å². The minimum atomic E-state index is 0.101. The summed E-state index contributed by atoms with van der Waals surface area (Å²) in [6.45, 7) is 2.51. The Hall–Kier alpha value is -3.05. The van der Waals surface area contributed by atoms with E-state index in [1.54, 1.807) is 7.11 Å². The summed E-state index contributed by atoms with van der Waals surface area (Å²) in [7, 11) is 3.76. The van der Waals surface area contributed by atoms with Gasteiger partial charge in [-0.2, -0.15) is 0 Å². The van der Waals surface area contributed by atoms with Gasteiger partial charge in [0.15, 0.2) is 0 Å². The first-order valence-electron chi connectivity index (χ1n) is 10.4. The normalized spacial score (nSPS) is 17.1. The van der Waals surface area contributed by atoms with Crippen LogP contribution < -0.4 is 4.74 Å². The van der Waals surface area contributed by atoms with E-state index in [1.165, 1.54) is 5.56 Å². The largest absolute Gasteiger partial charge is 0.497 e. The molecule has 2 heterocycles. The Morgan fingerprint density at radius 2 is 1.80 bits per heavy atom. The molecule has 1 saturated heterocycles. The molecule has 1 aromatic heterocycles. The van der Waals surface area contributed by atoms with Crippen LogP contribution in [-0.4, -0.2) is 49.5 Å². The lowest BCUT2D eigenvalue weighted by atomic mass is 10.0. The van der Waals surface area contributed by atoms with Crippen LogP contribution in [0, 0.1) is 0 Å². The number of methoxy groups -OCH3 is 1. The number of furan rings is 1. The molecule has 1 atom stereocenters. The molecular formula is C25H28N2O3. The third-order valence-corrected chi connectivity index (χ3v) is 5.71. The minimum absolute atomic E-state index is 0.101. The van der Waals surface area contributed by atoms with Gasteiger partial charge in [0.2, 0.25) is 5.91 Å². The highest BCUT2D eigenvalue weighted by molar-refractivity contribution is 5.77. The molecule has 0 spiro atoms. The molecule has 156 valence electrons. The molecule has 0 aliphatic carbocycles. The van der Waals surface area contributed by atoms with Gasteiger partial charge in [-0.05, 0) is 49.0 Å². The summed E-state index contributed by atoms with van der Waals surface area (Å²) in [5.74, 6) is 2.64. The number of nitrogens with zero attached hydrogens (tertiary/aromatic N) is 2. The van der Waals surface area contributed by atoms with Crippen LogP contribution in [0.4, 0.5) is 0 Å². The summed E-state index contributed by atoms with van der Waals surface area (Å²) in [4.78, 5) is 17.4. The van der Waals surface area contributed by atoms with E-state index >= 15 is 0 Å². The topological polar surface area (TPSA) is 45.9 Å². The standard InChI is InChI=1S/C25H28N2O3/c1-26-16-17-27(23(18-26)19-6-4-3-5-7-19)25(28)15-13-22-12-14-24(30-22)20-8-10-21(29-2)11-9-20/h3-12,14,23H,13,15-18H2,1-2H3/t23-/m1/s1. The highest BCUT2D eigenvalue weighted by Gasteiger charge is 2.29. The fourth-order valence-corrected chi connectivity index (χ4v) is 3.97. The molecule has 3 aromatic rings. The number of likely N-dealkylation sites (N-methyl/N-ethyl adjacent to an activating group) is 1. The molecule has 1 fully saturated rings. The van der Waals surface area contributed by atoms with Crippen molar-refractivity contribution in [2.75, 3.05) is 33.8 Å². The van der Waals surface area contributed by atoms with Gasteiger partial charge >= 0.3 is 0 Å². The first-order chi connectivity index (χ1) is 14.6. The number of carbonyl (C=O) groups excluding carboxylic acids is 1. The number of piperazine rings is 1. The Kier molecular flexibility index (Phi) is 6.19. The minimum Gasteiger partial charge on any atom is -0.497 e. The highest BCUT2D eigenvalue weighted by atomic mass is 16.5. The van der Waals surface area contributed by atoms with Crippen LogP contribution in [0.2, 0.25) is 0 Å². The molecule has 4 rings (SSSR count). The zero-order valence-corrected chi connectivity index (χ0v) is 17.6. The monoisotopic (exact) mass is 404 g/mol. The maximum atomic E-state index is 13.1. The van der Waals surface area contributed by atoms with Crippen molar-refractivity contribution in [3.63, 3.8) is 0 Å². The first-order valence-corrected chi connectivity index (χ1v) is 10.4.